The fourth-order valence-corrected chi connectivity index (χ4v) is 3.79. The van der Waals surface area contributed by atoms with Crippen molar-refractivity contribution in [1.82, 2.24) is 10.2 Å². The van der Waals surface area contributed by atoms with Crippen molar-refractivity contribution < 1.29 is 9.53 Å². The molecule has 126 valence electrons. The molecule has 0 radical (unpaired) electrons. The quantitative estimate of drug-likeness (QED) is 0.831. The van der Waals surface area contributed by atoms with Crippen molar-refractivity contribution in [1.29, 1.82) is 0 Å². The molecule has 23 heavy (non-hydrogen) atoms. The number of hydrogen-bond donors (Lipinski definition) is 2. The first-order chi connectivity index (χ1) is 11.3. The van der Waals surface area contributed by atoms with Crippen LogP contribution in [0.25, 0.3) is 0 Å². The number of carbonyl (C=O) groups excluding carboxylic acids is 1. The molecule has 0 spiro atoms. The van der Waals surface area contributed by atoms with Crippen molar-refractivity contribution in [3.8, 4) is 0 Å². The molecule has 0 saturated carbocycles. The summed E-state index contributed by atoms with van der Waals surface area (Å²) >= 11 is 1.66. The second-order valence-corrected chi connectivity index (χ2v) is 7.02. The average molecular weight is 335 g/mol. The van der Waals surface area contributed by atoms with Gasteiger partial charge in [-0.3, -0.25) is 4.90 Å². The second-order valence-electron chi connectivity index (χ2n) is 6.14. The van der Waals surface area contributed by atoms with Crippen LogP contribution in [0.5, 0.6) is 0 Å². The molecular weight excluding hydrogens is 310 g/mol. The van der Waals surface area contributed by atoms with Crippen LogP contribution in [-0.4, -0.2) is 55.6 Å². The maximum Gasteiger partial charge on any atom is 0.319 e. The fourth-order valence-electron chi connectivity index (χ4n) is 3.33. The van der Waals surface area contributed by atoms with Gasteiger partial charge in [0.25, 0.3) is 0 Å². The lowest BCUT2D eigenvalue weighted by atomic mass is 10.1. The Morgan fingerprint density at radius 1 is 1.26 bits per heavy atom. The fraction of sp³-hybridized carbons (Fsp3) is 0.588. The highest BCUT2D eigenvalue weighted by molar-refractivity contribution is 7.98. The standard InChI is InChI=1S/C17H25N3O2S/c1-23-14-7-5-6-13(10-14)18-17(21)19-15-11-22-12-16(15)20-8-3-2-4-9-20/h5-7,10,15-16H,2-4,8-9,11-12H2,1H3,(H2,18,19,21). The third-order valence-electron chi connectivity index (χ3n) is 4.55. The van der Waals surface area contributed by atoms with E-state index >= 15 is 0 Å². The number of thioether (sulfide) groups is 1. The Morgan fingerprint density at radius 2 is 2.09 bits per heavy atom. The highest BCUT2D eigenvalue weighted by Crippen LogP contribution is 2.20. The Labute approximate surface area is 142 Å². The van der Waals surface area contributed by atoms with Crippen LogP contribution in [0.3, 0.4) is 0 Å². The maximum absolute atomic E-state index is 12.3. The first-order valence-corrected chi connectivity index (χ1v) is 9.52. The molecule has 3 rings (SSSR count). The molecule has 1 aromatic rings. The van der Waals surface area contributed by atoms with Gasteiger partial charge in [0.1, 0.15) is 0 Å². The smallest absolute Gasteiger partial charge is 0.319 e. The zero-order chi connectivity index (χ0) is 16.1. The first kappa shape index (κ1) is 16.6. The number of piperidine rings is 1. The molecule has 2 amide bonds. The van der Waals surface area contributed by atoms with Crippen LogP contribution in [0.2, 0.25) is 0 Å². The zero-order valence-corrected chi connectivity index (χ0v) is 14.4. The number of likely N-dealkylation sites (tertiary alicyclic amines) is 1. The van der Waals surface area contributed by atoms with Gasteiger partial charge in [0.2, 0.25) is 0 Å². The molecule has 1 aromatic carbocycles. The van der Waals surface area contributed by atoms with Crippen LogP contribution in [0.1, 0.15) is 19.3 Å². The van der Waals surface area contributed by atoms with Gasteiger partial charge in [-0.05, 0) is 50.4 Å². The third kappa shape index (κ3) is 4.40. The lowest BCUT2D eigenvalue weighted by molar-refractivity contribution is 0.125. The summed E-state index contributed by atoms with van der Waals surface area (Å²) in [4.78, 5) is 15.9. The predicted octanol–water partition coefficient (Wildman–Crippen LogP) is 2.78. The minimum Gasteiger partial charge on any atom is -0.378 e. The first-order valence-electron chi connectivity index (χ1n) is 8.29. The Kier molecular flexibility index (Phi) is 5.80. The van der Waals surface area contributed by atoms with E-state index in [4.69, 9.17) is 4.74 Å². The third-order valence-corrected chi connectivity index (χ3v) is 5.28. The van der Waals surface area contributed by atoms with Crippen molar-refractivity contribution in [2.45, 2.75) is 36.2 Å². The second kappa shape index (κ2) is 8.04. The van der Waals surface area contributed by atoms with Crippen LogP contribution in [0.15, 0.2) is 29.2 Å². The van der Waals surface area contributed by atoms with Crippen molar-refractivity contribution in [3.63, 3.8) is 0 Å². The lowest BCUT2D eigenvalue weighted by Gasteiger charge is -2.34. The van der Waals surface area contributed by atoms with Gasteiger partial charge in [-0.25, -0.2) is 4.79 Å². The van der Waals surface area contributed by atoms with Gasteiger partial charge in [-0.1, -0.05) is 12.5 Å². The molecule has 2 atom stereocenters. The van der Waals surface area contributed by atoms with E-state index in [2.05, 4.69) is 15.5 Å². The minimum absolute atomic E-state index is 0.0665. The average Bonchev–Trinajstić information content (AvgIpc) is 3.03. The summed E-state index contributed by atoms with van der Waals surface area (Å²) in [7, 11) is 0. The molecule has 6 heteroatoms. The molecule has 2 heterocycles. The number of hydrogen-bond acceptors (Lipinski definition) is 4. The summed E-state index contributed by atoms with van der Waals surface area (Å²) < 4.78 is 5.62. The Hall–Kier alpha value is -1.24. The van der Waals surface area contributed by atoms with Crippen molar-refractivity contribution in [3.05, 3.63) is 24.3 Å². The van der Waals surface area contributed by atoms with E-state index in [1.807, 2.05) is 30.5 Å². The van der Waals surface area contributed by atoms with Crippen LogP contribution in [0, 0.1) is 0 Å². The van der Waals surface area contributed by atoms with Gasteiger partial charge in [0.15, 0.2) is 0 Å². The normalized spacial score (nSPS) is 25.3. The van der Waals surface area contributed by atoms with Gasteiger partial charge in [-0.2, -0.15) is 0 Å². The number of rotatable bonds is 4. The maximum atomic E-state index is 12.3. The summed E-state index contributed by atoms with van der Waals surface area (Å²) in [6.07, 6.45) is 5.83. The molecule has 2 N–H and O–H groups in total. The van der Waals surface area contributed by atoms with Crippen molar-refractivity contribution in [2.75, 3.05) is 37.9 Å². The van der Waals surface area contributed by atoms with Gasteiger partial charge in [0.05, 0.1) is 25.3 Å². The largest absolute Gasteiger partial charge is 0.378 e. The van der Waals surface area contributed by atoms with E-state index in [9.17, 15) is 4.79 Å². The van der Waals surface area contributed by atoms with Crippen LogP contribution < -0.4 is 10.6 Å². The van der Waals surface area contributed by atoms with E-state index in [0.717, 1.165) is 23.7 Å². The summed E-state index contributed by atoms with van der Waals surface area (Å²) in [5, 5.41) is 6.02. The molecular formula is C17H25N3O2S. The predicted molar refractivity (Wildman–Crippen MR) is 94.2 cm³/mol. The number of ether oxygens (including phenoxy) is 1. The zero-order valence-electron chi connectivity index (χ0n) is 13.6. The van der Waals surface area contributed by atoms with Gasteiger partial charge in [-0.15, -0.1) is 11.8 Å². The SMILES string of the molecule is CSc1cccc(NC(=O)NC2COCC2N2CCCCC2)c1. The number of amides is 2. The van der Waals surface area contributed by atoms with E-state index in [1.165, 1.54) is 19.3 Å². The van der Waals surface area contributed by atoms with Crippen molar-refractivity contribution >= 4 is 23.5 Å². The van der Waals surface area contributed by atoms with Gasteiger partial charge < -0.3 is 15.4 Å². The van der Waals surface area contributed by atoms with E-state index in [1.54, 1.807) is 11.8 Å². The Morgan fingerprint density at radius 3 is 2.87 bits per heavy atom. The van der Waals surface area contributed by atoms with Gasteiger partial charge >= 0.3 is 6.03 Å². The number of urea groups is 1. The number of benzene rings is 1. The molecule has 2 aliphatic rings. The highest BCUT2D eigenvalue weighted by Gasteiger charge is 2.34. The molecule has 5 nitrogen and oxygen atoms in total. The summed E-state index contributed by atoms with van der Waals surface area (Å²) in [6.45, 7) is 3.54. The van der Waals surface area contributed by atoms with Crippen LogP contribution >= 0.6 is 11.8 Å². The number of carbonyl (C=O) groups is 1. The molecule has 2 saturated heterocycles. The number of nitrogens with zero attached hydrogens (tertiary/aromatic N) is 1. The lowest BCUT2D eigenvalue weighted by Crippen LogP contribution is -2.53. The Bertz CT molecular complexity index is 534. The van der Waals surface area contributed by atoms with Crippen LogP contribution in [0.4, 0.5) is 10.5 Å². The summed E-state index contributed by atoms with van der Waals surface area (Å²) in [5.41, 5.74) is 0.822. The monoisotopic (exact) mass is 335 g/mol. The van der Waals surface area contributed by atoms with Crippen LogP contribution in [-0.2, 0) is 4.74 Å². The Balaban J connectivity index is 1.55. The molecule has 0 aromatic heterocycles. The molecule has 2 unspecified atom stereocenters. The number of anilines is 1. The summed E-state index contributed by atoms with van der Waals surface area (Å²) in [6, 6.07) is 8.10. The highest BCUT2D eigenvalue weighted by atomic mass is 32.2. The molecule has 0 aliphatic carbocycles. The molecule has 0 bridgehead atoms. The van der Waals surface area contributed by atoms with Gasteiger partial charge in [0, 0.05) is 10.6 Å². The molecule has 2 fully saturated rings. The topological polar surface area (TPSA) is 53.6 Å². The van der Waals surface area contributed by atoms with E-state index in [0.29, 0.717) is 19.3 Å². The minimum atomic E-state index is -0.152. The number of nitrogens with one attached hydrogen (secondary N) is 2. The van der Waals surface area contributed by atoms with E-state index in [-0.39, 0.29) is 12.1 Å². The summed E-state index contributed by atoms with van der Waals surface area (Å²) in [5.74, 6) is 0. The molecule has 2 aliphatic heterocycles. The van der Waals surface area contributed by atoms with E-state index < -0.39 is 0 Å². The van der Waals surface area contributed by atoms with Crippen molar-refractivity contribution in [2.24, 2.45) is 0 Å².